The van der Waals surface area contributed by atoms with Gasteiger partial charge in [0.05, 0.1) is 85.9 Å². The summed E-state index contributed by atoms with van der Waals surface area (Å²) in [4.78, 5) is 27.9. The van der Waals surface area contributed by atoms with Crippen molar-refractivity contribution in [2.45, 2.75) is 65.0 Å². The van der Waals surface area contributed by atoms with Crippen LogP contribution < -0.4 is 16.8 Å². The molecule has 1 rings (SSSR count). The maximum atomic E-state index is 13.1. The number of ether oxygens (including phenoxy) is 7. The third kappa shape index (κ3) is 19.6. The molecule has 43 heavy (non-hydrogen) atoms. The molecule has 0 aromatic carbocycles. The van der Waals surface area contributed by atoms with Crippen LogP contribution in [0.1, 0.15) is 52.9 Å². The fourth-order valence-corrected chi connectivity index (χ4v) is 4.56. The lowest BCUT2D eigenvalue weighted by Crippen LogP contribution is -2.50. The summed E-state index contributed by atoms with van der Waals surface area (Å²) in [5.74, 6) is -0.305. The smallest absolute Gasteiger partial charge is 0.246 e. The first-order chi connectivity index (χ1) is 20.9. The zero-order chi connectivity index (χ0) is 31.6. The molecule has 0 radical (unpaired) electrons. The third-order valence-corrected chi connectivity index (χ3v) is 6.91. The van der Waals surface area contributed by atoms with E-state index in [1.165, 1.54) is 0 Å². The Labute approximate surface area is 258 Å². The van der Waals surface area contributed by atoms with Crippen LogP contribution >= 0.6 is 0 Å². The molecular formula is C30H60N4O9. The average molecular weight is 621 g/mol. The molecule has 13 nitrogen and oxygen atoms in total. The molecule has 1 aliphatic rings. The highest BCUT2D eigenvalue weighted by molar-refractivity contribution is 5.88. The normalized spacial score (nSPS) is 16.1. The molecule has 0 bridgehead atoms. The predicted octanol–water partition coefficient (Wildman–Crippen LogP) is 0.712. The summed E-state index contributed by atoms with van der Waals surface area (Å²) >= 11 is 0. The Bertz CT molecular complexity index is 683. The van der Waals surface area contributed by atoms with E-state index in [-0.39, 0.29) is 31.1 Å². The summed E-state index contributed by atoms with van der Waals surface area (Å²) in [6.07, 6.45) is 4.42. The third-order valence-electron chi connectivity index (χ3n) is 6.91. The van der Waals surface area contributed by atoms with Crippen LogP contribution in [0, 0.1) is 5.41 Å². The predicted molar refractivity (Wildman–Crippen MR) is 164 cm³/mol. The molecule has 0 saturated carbocycles. The van der Waals surface area contributed by atoms with Crippen LogP contribution in [0.4, 0.5) is 0 Å². The lowest BCUT2D eigenvalue weighted by atomic mass is 9.94. The maximum Gasteiger partial charge on any atom is 0.246 e. The number of nitrogens with zero attached hydrogens (tertiary/aromatic N) is 1. The standard InChI is InChI=1S/C30H60N4O9/c1-4-5-8-27(29(36)34-11-6-7-26(34)2)33-28(35)22-43-25-30(3,23-41-20-18-39-16-14-37-12-9-31)24-42-21-19-40-17-15-38-13-10-32/h26-27H,4-25,31-32H2,1-3H3,(H,33,35). The van der Waals surface area contributed by atoms with E-state index in [0.29, 0.717) is 98.8 Å². The van der Waals surface area contributed by atoms with E-state index in [1.807, 2.05) is 11.8 Å². The molecule has 13 heteroatoms. The van der Waals surface area contributed by atoms with E-state index in [4.69, 9.17) is 44.6 Å². The number of carbonyl (C=O) groups is 2. The van der Waals surface area contributed by atoms with Gasteiger partial charge in [0.25, 0.3) is 0 Å². The van der Waals surface area contributed by atoms with E-state index in [1.54, 1.807) is 0 Å². The highest BCUT2D eigenvalue weighted by atomic mass is 16.6. The van der Waals surface area contributed by atoms with Gasteiger partial charge in [-0.25, -0.2) is 0 Å². The summed E-state index contributed by atoms with van der Waals surface area (Å²) in [5, 5.41) is 2.92. The molecule has 0 aromatic rings. The van der Waals surface area contributed by atoms with E-state index in [2.05, 4.69) is 19.2 Å². The van der Waals surface area contributed by atoms with Crippen LogP contribution in [-0.2, 0) is 42.7 Å². The van der Waals surface area contributed by atoms with E-state index < -0.39 is 11.5 Å². The van der Waals surface area contributed by atoms with Crippen LogP contribution in [0.5, 0.6) is 0 Å². The molecule has 1 aliphatic heterocycles. The summed E-state index contributed by atoms with van der Waals surface area (Å²) < 4.78 is 39.2. The van der Waals surface area contributed by atoms with Gasteiger partial charge in [-0.15, -0.1) is 0 Å². The fraction of sp³-hybridized carbons (Fsp3) is 0.933. The molecular weight excluding hydrogens is 560 g/mol. The van der Waals surface area contributed by atoms with Gasteiger partial charge in [-0.05, 0) is 26.2 Å². The van der Waals surface area contributed by atoms with Crippen molar-refractivity contribution in [2.75, 3.05) is 112 Å². The Morgan fingerprint density at radius 2 is 1.30 bits per heavy atom. The van der Waals surface area contributed by atoms with Crippen molar-refractivity contribution in [1.82, 2.24) is 10.2 Å². The number of amides is 2. The highest BCUT2D eigenvalue weighted by Crippen LogP contribution is 2.20. The van der Waals surface area contributed by atoms with Crippen LogP contribution in [0.15, 0.2) is 0 Å². The number of hydrogen-bond acceptors (Lipinski definition) is 11. The zero-order valence-electron chi connectivity index (χ0n) is 27.0. The first-order valence-electron chi connectivity index (χ1n) is 15.9. The van der Waals surface area contributed by atoms with Gasteiger partial charge >= 0.3 is 0 Å². The monoisotopic (exact) mass is 620 g/mol. The Balaban J connectivity index is 2.51. The van der Waals surface area contributed by atoms with Gasteiger partial charge in [-0.3, -0.25) is 9.59 Å². The van der Waals surface area contributed by atoms with Crippen molar-refractivity contribution in [1.29, 1.82) is 0 Å². The maximum absolute atomic E-state index is 13.1. The minimum absolute atomic E-state index is 0.000221. The van der Waals surface area contributed by atoms with E-state index in [0.717, 1.165) is 32.2 Å². The molecule has 5 N–H and O–H groups in total. The molecule has 0 aliphatic carbocycles. The number of unbranched alkanes of at least 4 members (excludes halogenated alkanes) is 1. The van der Waals surface area contributed by atoms with Crippen molar-refractivity contribution >= 4 is 11.8 Å². The SMILES string of the molecule is CCCCC(NC(=O)COCC(C)(COCCOCCOCCN)COCCOCCOCCN)C(=O)N1CCCC1C. The summed E-state index contributed by atoms with van der Waals surface area (Å²) in [6.45, 7) is 13.2. The number of nitrogens with one attached hydrogen (secondary N) is 1. The summed E-state index contributed by atoms with van der Waals surface area (Å²) in [6, 6.07) is -0.327. The van der Waals surface area contributed by atoms with Crippen LogP contribution in [0.2, 0.25) is 0 Å². The minimum atomic E-state index is -0.531. The van der Waals surface area contributed by atoms with Gasteiger partial charge in [0.1, 0.15) is 12.6 Å². The Hall–Kier alpha value is -1.42. The molecule has 2 amide bonds. The molecule has 254 valence electrons. The Kier molecular flexibility index (Phi) is 23.8. The van der Waals surface area contributed by atoms with Crippen molar-refractivity contribution < 1.29 is 42.7 Å². The lowest BCUT2D eigenvalue weighted by molar-refractivity contribution is -0.139. The Morgan fingerprint density at radius 1 is 0.814 bits per heavy atom. The van der Waals surface area contributed by atoms with Crippen molar-refractivity contribution in [3.8, 4) is 0 Å². The van der Waals surface area contributed by atoms with Crippen LogP contribution in [0.25, 0.3) is 0 Å². The van der Waals surface area contributed by atoms with Crippen molar-refractivity contribution in [3.05, 3.63) is 0 Å². The second-order valence-electron chi connectivity index (χ2n) is 11.2. The lowest BCUT2D eigenvalue weighted by Gasteiger charge is -2.29. The molecule has 1 saturated heterocycles. The zero-order valence-corrected chi connectivity index (χ0v) is 27.0. The number of carbonyl (C=O) groups excluding carboxylic acids is 2. The molecule has 0 aromatic heterocycles. The quantitative estimate of drug-likeness (QED) is 0.101. The van der Waals surface area contributed by atoms with Gasteiger partial charge in [0.2, 0.25) is 11.8 Å². The first kappa shape index (κ1) is 39.6. The average Bonchev–Trinajstić information content (AvgIpc) is 3.43. The van der Waals surface area contributed by atoms with Crippen LogP contribution in [-0.4, -0.2) is 141 Å². The number of hydrogen-bond donors (Lipinski definition) is 3. The molecule has 1 fully saturated rings. The fourth-order valence-electron chi connectivity index (χ4n) is 4.56. The van der Waals surface area contributed by atoms with Crippen molar-refractivity contribution in [2.24, 2.45) is 16.9 Å². The molecule has 1 heterocycles. The Morgan fingerprint density at radius 3 is 1.77 bits per heavy atom. The molecule has 0 spiro atoms. The second kappa shape index (κ2) is 25.9. The minimum Gasteiger partial charge on any atom is -0.378 e. The number of rotatable bonds is 29. The van der Waals surface area contributed by atoms with Gasteiger partial charge in [-0.1, -0.05) is 26.7 Å². The van der Waals surface area contributed by atoms with Gasteiger partial charge < -0.3 is 54.8 Å². The van der Waals surface area contributed by atoms with Gasteiger partial charge in [-0.2, -0.15) is 0 Å². The largest absolute Gasteiger partial charge is 0.378 e. The summed E-state index contributed by atoms with van der Waals surface area (Å²) in [5.41, 5.74) is 10.3. The van der Waals surface area contributed by atoms with Crippen molar-refractivity contribution in [3.63, 3.8) is 0 Å². The molecule has 2 atom stereocenters. The summed E-state index contributed by atoms with van der Waals surface area (Å²) in [7, 11) is 0. The second-order valence-corrected chi connectivity index (χ2v) is 11.2. The van der Waals surface area contributed by atoms with Crippen LogP contribution in [0.3, 0.4) is 0 Å². The van der Waals surface area contributed by atoms with Gasteiger partial charge in [0, 0.05) is 31.1 Å². The molecule has 2 unspecified atom stereocenters. The topological polar surface area (TPSA) is 166 Å². The highest BCUT2D eigenvalue weighted by Gasteiger charge is 2.32. The number of nitrogens with two attached hydrogens (primary N) is 2. The number of likely N-dealkylation sites (tertiary alicyclic amines) is 1. The van der Waals surface area contributed by atoms with Gasteiger partial charge in [0.15, 0.2) is 0 Å². The van der Waals surface area contributed by atoms with E-state index in [9.17, 15) is 9.59 Å². The first-order valence-corrected chi connectivity index (χ1v) is 15.9. The van der Waals surface area contributed by atoms with E-state index >= 15 is 0 Å².